The zero-order valence-electron chi connectivity index (χ0n) is 10.5. The van der Waals surface area contributed by atoms with Crippen molar-refractivity contribution in [3.8, 4) is 0 Å². The van der Waals surface area contributed by atoms with Crippen LogP contribution in [0.5, 0.6) is 0 Å². The summed E-state index contributed by atoms with van der Waals surface area (Å²) in [5.74, 6) is -0.993. The molecule has 0 bridgehead atoms. The Labute approximate surface area is 105 Å². The smallest absolute Gasteiger partial charge is 0.240 e. The Morgan fingerprint density at radius 3 is 2.61 bits per heavy atom. The quantitative estimate of drug-likeness (QED) is 0.513. The zero-order chi connectivity index (χ0) is 13.7. The summed E-state index contributed by atoms with van der Waals surface area (Å²) in [6, 6.07) is -1.45. The predicted molar refractivity (Wildman–Crippen MR) is 66.2 cm³/mol. The summed E-state index contributed by atoms with van der Waals surface area (Å²) in [6.07, 6.45) is 3.34. The van der Waals surface area contributed by atoms with Crippen molar-refractivity contribution in [2.75, 3.05) is 0 Å². The number of hydrogen-bond acceptors (Lipinski definition) is 4. The summed E-state index contributed by atoms with van der Waals surface area (Å²) in [5.41, 5.74) is 11.7. The topological polar surface area (TPSA) is 127 Å². The second-order valence-electron chi connectivity index (χ2n) is 4.51. The lowest BCUT2D eigenvalue weighted by Crippen LogP contribution is -2.52. The number of aromatic nitrogens is 2. The van der Waals surface area contributed by atoms with Crippen LogP contribution in [-0.2, 0) is 16.0 Å². The largest absolute Gasteiger partial charge is 0.368 e. The van der Waals surface area contributed by atoms with Crippen molar-refractivity contribution in [1.82, 2.24) is 15.3 Å². The molecule has 100 valence electrons. The minimum absolute atomic E-state index is 0.00863. The van der Waals surface area contributed by atoms with E-state index < -0.39 is 18.0 Å². The normalized spacial score (nSPS) is 14.2. The maximum atomic E-state index is 11.8. The second kappa shape index (κ2) is 6.15. The molecule has 1 aromatic rings. The predicted octanol–water partition coefficient (Wildman–Crippen LogP) is -1.09. The number of H-pyrrole nitrogens is 1. The van der Waals surface area contributed by atoms with Crippen LogP contribution >= 0.6 is 0 Å². The molecule has 1 heterocycles. The van der Waals surface area contributed by atoms with E-state index in [-0.39, 0.29) is 18.2 Å². The van der Waals surface area contributed by atoms with E-state index in [0.29, 0.717) is 0 Å². The van der Waals surface area contributed by atoms with E-state index in [1.807, 2.05) is 13.8 Å². The molecule has 7 heteroatoms. The fourth-order valence-electron chi connectivity index (χ4n) is 1.41. The molecule has 0 fully saturated rings. The minimum atomic E-state index is -0.789. The molecule has 7 nitrogen and oxygen atoms in total. The van der Waals surface area contributed by atoms with Gasteiger partial charge in [0.1, 0.15) is 6.04 Å². The molecule has 1 aromatic heterocycles. The lowest BCUT2D eigenvalue weighted by atomic mass is 10.0. The van der Waals surface area contributed by atoms with Gasteiger partial charge in [-0.05, 0) is 5.92 Å². The first-order valence-electron chi connectivity index (χ1n) is 5.74. The number of carbonyl (C=O) groups is 2. The van der Waals surface area contributed by atoms with E-state index in [2.05, 4.69) is 15.3 Å². The van der Waals surface area contributed by atoms with E-state index >= 15 is 0 Å². The van der Waals surface area contributed by atoms with Gasteiger partial charge in [-0.3, -0.25) is 9.59 Å². The Balaban J connectivity index is 2.64. The van der Waals surface area contributed by atoms with Crippen molar-refractivity contribution in [3.63, 3.8) is 0 Å². The number of amides is 2. The summed E-state index contributed by atoms with van der Waals surface area (Å²) < 4.78 is 0. The molecule has 0 radical (unpaired) electrons. The molecule has 0 aliphatic rings. The van der Waals surface area contributed by atoms with Crippen molar-refractivity contribution in [1.29, 1.82) is 0 Å². The fraction of sp³-hybridized carbons (Fsp3) is 0.545. The maximum Gasteiger partial charge on any atom is 0.240 e. The standard InChI is InChI=1S/C11H19N5O2/c1-6(2)9(12)11(18)16-8(10(13)17)3-7-4-14-5-15-7/h4-6,8-9H,3,12H2,1-2H3,(H2,13,17)(H,14,15)(H,16,18). The SMILES string of the molecule is CC(C)C(N)C(=O)NC(Cc1cnc[nH]1)C(N)=O. The Bertz CT molecular complexity index is 402. The molecular formula is C11H19N5O2. The molecular weight excluding hydrogens is 234 g/mol. The Morgan fingerprint density at radius 2 is 2.17 bits per heavy atom. The Kier molecular flexibility index (Phi) is 4.85. The summed E-state index contributed by atoms with van der Waals surface area (Å²) in [4.78, 5) is 29.7. The third-order valence-corrected chi connectivity index (χ3v) is 2.66. The van der Waals surface area contributed by atoms with Gasteiger partial charge in [-0.1, -0.05) is 13.8 Å². The molecule has 0 aromatic carbocycles. The number of hydrogen-bond donors (Lipinski definition) is 4. The van der Waals surface area contributed by atoms with Crippen LogP contribution in [0.15, 0.2) is 12.5 Å². The molecule has 2 unspecified atom stereocenters. The number of carbonyl (C=O) groups excluding carboxylic acids is 2. The highest BCUT2D eigenvalue weighted by atomic mass is 16.2. The highest BCUT2D eigenvalue weighted by Crippen LogP contribution is 2.02. The molecule has 18 heavy (non-hydrogen) atoms. The highest BCUT2D eigenvalue weighted by Gasteiger charge is 2.24. The van der Waals surface area contributed by atoms with Gasteiger partial charge in [0.25, 0.3) is 0 Å². The van der Waals surface area contributed by atoms with Crippen LogP contribution in [0, 0.1) is 5.92 Å². The van der Waals surface area contributed by atoms with Gasteiger partial charge in [0.15, 0.2) is 0 Å². The monoisotopic (exact) mass is 253 g/mol. The molecule has 6 N–H and O–H groups in total. The third-order valence-electron chi connectivity index (χ3n) is 2.66. The molecule has 0 aliphatic heterocycles. The second-order valence-corrected chi connectivity index (χ2v) is 4.51. The van der Waals surface area contributed by atoms with E-state index in [4.69, 9.17) is 11.5 Å². The summed E-state index contributed by atoms with van der Waals surface area (Å²) in [6.45, 7) is 3.66. The average molecular weight is 253 g/mol. The van der Waals surface area contributed by atoms with Crippen molar-refractivity contribution in [2.24, 2.45) is 17.4 Å². The van der Waals surface area contributed by atoms with Crippen LogP contribution in [0.2, 0.25) is 0 Å². The summed E-state index contributed by atoms with van der Waals surface area (Å²) in [7, 11) is 0. The van der Waals surface area contributed by atoms with Crippen molar-refractivity contribution >= 4 is 11.8 Å². The summed E-state index contributed by atoms with van der Waals surface area (Å²) in [5, 5.41) is 2.55. The Morgan fingerprint density at radius 1 is 1.50 bits per heavy atom. The van der Waals surface area contributed by atoms with E-state index in [1.54, 1.807) is 6.20 Å². The summed E-state index contributed by atoms with van der Waals surface area (Å²) >= 11 is 0. The van der Waals surface area contributed by atoms with Crippen molar-refractivity contribution < 1.29 is 9.59 Å². The van der Waals surface area contributed by atoms with Gasteiger partial charge < -0.3 is 21.8 Å². The first kappa shape index (κ1) is 14.2. The molecule has 2 atom stereocenters. The first-order valence-corrected chi connectivity index (χ1v) is 5.74. The lowest BCUT2D eigenvalue weighted by Gasteiger charge is -2.20. The van der Waals surface area contributed by atoms with Crippen LogP contribution in [-0.4, -0.2) is 33.9 Å². The fourth-order valence-corrected chi connectivity index (χ4v) is 1.41. The number of rotatable bonds is 6. The van der Waals surface area contributed by atoms with Gasteiger partial charge >= 0.3 is 0 Å². The van der Waals surface area contributed by atoms with E-state index in [0.717, 1.165) is 5.69 Å². The maximum absolute atomic E-state index is 11.8. The number of aromatic amines is 1. The molecule has 1 rings (SSSR count). The molecule has 0 saturated carbocycles. The van der Waals surface area contributed by atoms with E-state index in [9.17, 15) is 9.59 Å². The molecule has 2 amide bonds. The first-order chi connectivity index (χ1) is 8.41. The molecule has 0 aliphatic carbocycles. The Hall–Kier alpha value is -1.89. The number of imidazole rings is 1. The number of nitrogens with two attached hydrogens (primary N) is 2. The van der Waals surface area contributed by atoms with Crippen LogP contribution in [0.1, 0.15) is 19.5 Å². The van der Waals surface area contributed by atoms with Crippen LogP contribution < -0.4 is 16.8 Å². The number of nitrogens with zero attached hydrogens (tertiary/aromatic N) is 1. The van der Waals surface area contributed by atoms with E-state index in [1.165, 1.54) is 6.33 Å². The van der Waals surface area contributed by atoms with Crippen LogP contribution in [0.3, 0.4) is 0 Å². The van der Waals surface area contributed by atoms with Crippen LogP contribution in [0.25, 0.3) is 0 Å². The van der Waals surface area contributed by atoms with Gasteiger partial charge in [0.2, 0.25) is 11.8 Å². The molecule has 0 spiro atoms. The van der Waals surface area contributed by atoms with Crippen molar-refractivity contribution in [3.05, 3.63) is 18.2 Å². The third kappa shape index (κ3) is 3.85. The number of primary amides is 1. The van der Waals surface area contributed by atoms with Gasteiger partial charge in [-0.25, -0.2) is 4.98 Å². The average Bonchev–Trinajstić information content (AvgIpc) is 2.79. The molecule has 0 saturated heterocycles. The van der Waals surface area contributed by atoms with Crippen molar-refractivity contribution in [2.45, 2.75) is 32.4 Å². The zero-order valence-corrected chi connectivity index (χ0v) is 10.5. The van der Waals surface area contributed by atoms with Gasteiger partial charge in [-0.15, -0.1) is 0 Å². The minimum Gasteiger partial charge on any atom is -0.368 e. The van der Waals surface area contributed by atoms with Gasteiger partial charge in [0, 0.05) is 18.3 Å². The van der Waals surface area contributed by atoms with Gasteiger partial charge in [0.05, 0.1) is 12.4 Å². The van der Waals surface area contributed by atoms with Gasteiger partial charge in [-0.2, -0.15) is 0 Å². The highest BCUT2D eigenvalue weighted by molar-refractivity contribution is 5.89. The number of nitrogens with one attached hydrogen (secondary N) is 2. The van der Waals surface area contributed by atoms with Crippen LogP contribution in [0.4, 0.5) is 0 Å². The lowest BCUT2D eigenvalue weighted by molar-refractivity contribution is -0.128.